The molecule has 1 heterocycles. The Morgan fingerprint density at radius 1 is 1.18 bits per heavy atom. The van der Waals surface area contributed by atoms with Crippen LogP contribution in [0.25, 0.3) is 0 Å². The van der Waals surface area contributed by atoms with Crippen LogP contribution in [-0.2, 0) is 16.6 Å². The number of nitrogens with one attached hydrogen (secondary N) is 2. The SMILES string of the molecule is CN[C@@H](CNc1cc(F)c(S(=O)(=O)N(Cc2ccc(OC)cc2OC)c2ncc(F)s2)cc1Cl)CC1CCCC1. The largest absolute Gasteiger partial charge is 0.497 e. The van der Waals surface area contributed by atoms with E-state index in [9.17, 15) is 12.8 Å². The van der Waals surface area contributed by atoms with Crippen molar-refractivity contribution < 1.29 is 26.7 Å². The molecule has 8 nitrogen and oxygen atoms in total. The van der Waals surface area contributed by atoms with E-state index < -0.39 is 25.9 Å². The van der Waals surface area contributed by atoms with Crippen molar-refractivity contribution in [3.05, 3.63) is 58.1 Å². The maximum absolute atomic E-state index is 15.5. The van der Waals surface area contributed by atoms with Crippen molar-refractivity contribution in [2.45, 2.75) is 49.6 Å². The van der Waals surface area contributed by atoms with E-state index in [1.165, 1.54) is 39.9 Å². The monoisotopic (exact) mass is 614 g/mol. The standard InChI is InChI=1S/C27H33ClF2N4O4S2/c1-31-19(10-17-6-4-5-7-17)14-32-23-13-22(29)25(12-21(23)28)40(35,36)34(27-33-15-26(30)39-27)16-18-8-9-20(37-2)11-24(18)38-3/h8-9,11-13,15,17,19,31-32H,4-7,10,14,16H2,1-3H3/t19-/m1/s1. The first-order valence-electron chi connectivity index (χ1n) is 12.9. The molecule has 1 aromatic heterocycles. The summed E-state index contributed by atoms with van der Waals surface area (Å²) in [6.45, 7) is 0.199. The number of benzene rings is 2. The van der Waals surface area contributed by atoms with Crippen molar-refractivity contribution in [1.82, 2.24) is 10.3 Å². The highest BCUT2D eigenvalue weighted by atomic mass is 35.5. The lowest BCUT2D eigenvalue weighted by molar-refractivity contribution is 0.391. The van der Waals surface area contributed by atoms with Crippen LogP contribution in [0.2, 0.25) is 5.02 Å². The summed E-state index contributed by atoms with van der Waals surface area (Å²) in [6.07, 6.45) is 6.82. The number of hydrogen-bond acceptors (Lipinski definition) is 8. The van der Waals surface area contributed by atoms with Crippen molar-refractivity contribution in [2.75, 3.05) is 37.4 Å². The Balaban J connectivity index is 1.62. The molecule has 0 aliphatic heterocycles. The molecular formula is C27H33ClF2N4O4S2. The summed E-state index contributed by atoms with van der Waals surface area (Å²) in [5.74, 6) is 0.503. The predicted molar refractivity (Wildman–Crippen MR) is 154 cm³/mol. The molecule has 0 saturated heterocycles. The summed E-state index contributed by atoms with van der Waals surface area (Å²) in [5, 5.41) is 5.63. The van der Waals surface area contributed by atoms with Gasteiger partial charge in [-0.2, -0.15) is 4.39 Å². The number of halogens is 3. The summed E-state index contributed by atoms with van der Waals surface area (Å²) < 4.78 is 68.5. The highest BCUT2D eigenvalue weighted by Gasteiger charge is 2.32. The van der Waals surface area contributed by atoms with Crippen LogP contribution in [-0.4, -0.2) is 47.3 Å². The number of thiazole rings is 1. The molecule has 0 spiro atoms. The average Bonchev–Trinajstić information content (AvgIpc) is 3.62. The maximum atomic E-state index is 15.5. The molecule has 40 heavy (non-hydrogen) atoms. The van der Waals surface area contributed by atoms with Crippen molar-refractivity contribution in [3.8, 4) is 11.5 Å². The Morgan fingerprint density at radius 2 is 1.93 bits per heavy atom. The number of ether oxygens (including phenoxy) is 2. The minimum absolute atomic E-state index is 0.0444. The zero-order valence-electron chi connectivity index (χ0n) is 22.5. The van der Waals surface area contributed by atoms with Gasteiger partial charge in [0.15, 0.2) is 5.13 Å². The second kappa shape index (κ2) is 13.3. The fourth-order valence-corrected chi connectivity index (χ4v) is 7.54. The van der Waals surface area contributed by atoms with E-state index in [0.29, 0.717) is 40.9 Å². The van der Waals surface area contributed by atoms with Crippen LogP contribution >= 0.6 is 22.9 Å². The van der Waals surface area contributed by atoms with Gasteiger partial charge in [-0.3, -0.25) is 0 Å². The molecule has 1 fully saturated rings. The van der Waals surface area contributed by atoms with Gasteiger partial charge in [-0.1, -0.05) is 48.6 Å². The van der Waals surface area contributed by atoms with Gasteiger partial charge in [-0.05, 0) is 43.7 Å². The molecule has 4 rings (SSSR count). The lowest BCUT2D eigenvalue weighted by atomic mass is 9.98. The first-order valence-corrected chi connectivity index (χ1v) is 15.5. The third-order valence-corrected chi connectivity index (χ3v) is 10.1. The molecule has 13 heteroatoms. The van der Waals surface area contributed by atoms with E-state index in [1.54, 1.807) is 18.2 Å². The van der Waals surface area contributed by atoms with Gasteiger partial charge in [0.05, 0.1) is 37.7 Å². The molecule has 3 aromatic rings. The molecule has 0 amide bonds. The lowest BCUT2D eigenvalue weighted by Gasteiger charge is -2.24. The van der Waals surface area contributed by atoms with Gasteiger partial charge in [-0.15, -0.1) is 0 Å². The van der Waals surface area contributed by atoms with Crippen LogP contribution in [0.15, 0.2) is 41.4 Å². The second-order valence-electron chi connectivity index (χ2n) is 9.65. The first kappa shape index (κ1) is 30.3. The summed E-state index contributed by atoms with van der Waals surface area (Å²) in [6, 6.07) is 7.14. The zero-order chi connectivity index (χ0) is 28.9. The zero-order valence-corrected chi connectivity index (χ0v) is 24.9. The summed E-state index contributed by atoms with van der Waals surface area (Å²) in [5.41, 5.74) is 0.723. The van der Waals surface area contributed by atoms with E-state index in [2.05, 4.69) is 15.6 Å². The quantitative estimate of drug-likeness (QED) is 0.241. The number of rotatable bonds is 13. The van der Waals surface area contributed by atoms with E-state index in [0.717, 1.165) is 29.1 Å². The number of likely N-dealkylation sites (N-methyl/N-ethyl adjacent to an activating group) is 1. The Kier molecular flexibility index (Phi) is 10.1. The molecule has 1 saturated carbocycles. The number of methoxy groups -OCH3 is 2. The fraction of sp³-hybridized carbons (Fsp3) is 0.444. The summed E-state index contributed by atoms with van der Waals surface area (Å²) in [4.78, 5) is 3.26. The van der Waals surface area contributed by atoms with E-state index in [-0.39, 0.29) is 28.4 Å². The normalized spacial score (nSPS) is 14.8. The van der Waals surface area contributed by atoms with Gasteiger partial charge < -0.3 is 20.1 Å². The van der Waals surface area contributed by atoms with Gasteiger partial charge in [0.2, 0.25) is 5.13 Å². The maximum Gasteiger partial charge on any atom is 0.269 e. The molecule has 2 aromatic carbocycles. The molecule has 1 atom stereocenters. The number of hydrogen-bond donors (Lipinski definition) is 2. The molecule has 1 aliphatic carbocycles. The average molecular weight is 615 g/mol. The fourth-order valence-electron chi connectivity index (χ4n) is 4.92. The minimum atomic E-state index is -4.57. The van der Waals surface area contributed by atoms with Crippen LogP contribution in [0.3, 0.4) is 0 Å². The predicted octanol–water partition coefficient (Wildman–Crippen LogP) is 6.07. The molecule has 218 valence electrons. The van der Waals surface area contributed by atoms with Gasteiger partial charge >= 0.3 is 0 Å². The molecule has 0 bridgehead atoms. The highest BCUT2D eigenvalue weighted by molar-refractivity contribution is 7.93. The highest BCUT2D eigenvalue weighted by Crippen LogP contribution is 2.36. The lowest BCUT2D eigenvalue weighted by Crippen LogP contribution is -2.34. The molecular weight excluding hydrogens is 582 g/mol. The summed E-state index contributed by atoms with van der Waals surface area (Å²) in [7, 11) is 0.226. The van der Waals surface area contributed by atoms with E-state index >= 15 is 4.39 Å². The number of anilines is 2. The van der Waals surface area contributed by atoms with Crippen LogP contribution in [0.1, 0.15) is 37.7 Å². The van der Waals surface area contributed by atoms with Crippen molar-refractivity contribution >= 4 is 43.8 Å². The number of nitrogens with zero attached hydrogens (tertiary/aromatic N) is 2. The van der Waals surface area contributed by atoms with Crippen LogP contribution in [0.5, 0.6) is 11.5 Å². The van der Waals surface area contributed by atoms with Gasteiger partial charge in [0, 0.05) is 24.2 Å². The van der Waals surface area contributed by atoms with E-state index in [1.807, 2.05) is 7.05 Å². The molecule has 1 aliphatic rings. The topological polar surface area (TPSA) is 92.8 Å². The Hall–Kier alpha value is -2.67. The Morgan fingerprint density at radius 3 is 2.55 bits per heavy atom. The number of aromatic nitrogens is 1. The third kappa shape index (κ3) is 6.96. The first-order chi connectivity index (χ1) is 19.2. The minimum Gasteiger partial charge on any atom is -0.497 e. The third-order valence-electron chi connectivity index (χ3n) is 7.12. The van der Waals surface area contributed by atoms with Crippen molar-refractivity contribution in [1.29, 1.82) is 0 Å². The van der Waals surface area contributed by atoms with Gasteiger partial charge in [-0.25, -0.2) is 22.1 Å². The molecule has 2 N–H and O–H groups in total. The smallest absolute Gasteiger partial charge is 0.269 e. The summed E-state index contributed by atoms with van der Waals surface area (Å²) >= 11 is 6.99. The molecule has 0 radical (unpaired) electrons. The van der Waals surface area contributed by atoms with Crippen molar-refractivity contribution in [3.63, 3.8) is 0 Å². The Labute approximate surface area is 242 Å². The number of sulfonamides is 1. The Bertz CT molecular complexity index is 1420. The van der Waals surface area contributed by atoms with Gasteiger partial charge in [0.1, 0.15) is 22.2 Å². The van der Waals surface area contributed by atoms with E-state index in [4.69, 9.17) is 21.1 Å². The molecule has 0 unspecified atom stereocenters. The van der Waals surface area contributed by atoms with Gasteiger partial charge in [0.25, 0.3) is 10.0 Å². The van der Waals surface area contributed by atoms with Crippen LogP contribution in [0, 0.1) is 16.9 Å². The van der Waals surface area contributed by atoms with Crippen molar-refractivity contribution in [2.24, 2.45) is 5.92 Å². The van der Waals surface area contributed by atoms with Crippen LogP contribution in [0.4, 0.5) is 19.6 Å². The second-order valence-corrected chi connectivity index (χ2v) is 12.8. The van der Waals surface area contributed by atoms with Crippen LogP contribution < -0.4 is 24.4 Å².